The number of amides is 2. The maximum atomic E-state index is 12.2. The van der Waals surface area contributed by atoms with Crippen molar-refractivity contribution in [3.8, 4) is 0 Å². The number of nitrogens with one attached hydrogen (secondary N) is 1. The highest BCUT2D eigenvalue weighted by atomic mass is 32.2. The summed E-state index contributed by atoms with van der Waals surface area (Å²) in [5, 5.41) is 3.84. The van der Waals surface area contributed by atoms with Gasteiger partial charge in [0, 0.05) is 18.5 Å². The number of carbonyl (C=O) groups excluding carboxylic acids is 1. The van der Waals surface area contributed by atoms with Gasteiger partial charge in [-0.05, 0) is 19.1 Å². The Balaban J connectivity index is 1.66. The molecule has 1 aliphatic rings. The summed E-state index contributed by atoms with van der Waals surface area (Å²) in [6.45, 7) is 2.32. The van der Waals surface area contributed by atoms with Gasteiger partial charge < -0.3 is 14.6 Å². The second-order valence-electron chi connectivity index (χ2n) is 5.50. The van der Waals surface area contributed by atoms with Crippen LogP contribution in [0.5, 0.6) is 0 Å². The molecule has 1 aromatic carbocycles. The number of benzene rings is 1. The first-order valence-electron chi connectivity index (χ1n) is 7.19. The monoisotopic (exact) mass is 322 g/mol. The smallest absolute Gasteiger partial charge is 0.318 e. The number of urea groups is 1. The SMILES string of the molecule is C[C@H](NC(=O)N1CCS(=O)(=O)CC1)c1cc2ccccc2o1. The van der Waals surface area contributed by atoms with Crippen LogP contribution in [0, 0.1) is 0 Å². The van der Waals surface area contributed by atoms with Crippen molar-refractivity contribution in [2.45, 2.75) is 13.0 Å². The molecule has 0 aliphatic carbocycles. The van der Waals surface area contributed by atoms with Gasteiger partial charge in [0.05, 0.1) is 17.5 Å². The van der Waals surface area contributed by atoms with Crippen molar-refractivity contribution in [1.82, 2.24) is 10.2 Å². The van der Waals surface area contributed by atoms with Crippen LogP contribution >= 0.6 is 0 Å². The lowest BCUT2D eigenvalue weighted by Gasteiger charge is -2.28. The molecule has 6 nitrogen and oxygen atoms in total. The fourth-order valence-corrected chi connectivity index (χ4v) is 3.68. The van der Waals surface area contributed by atoms with Gasteiger partial charge in [-0.2, -0.15) is 0 Å². The summed E-state index contributed by atoms with van der Waals surface area (Å²) >= 11 is 0. The summed E-state index contributed by atoms with van der Waals surface area (Å²) in [6, 6.07) is 9.02. The summed E-state index contributed by atoms with van der Waals surface area (Å²) < 4.78 is 28.5. The molecule has 2 aromatic rings. The van der Waals surface area contributed by atoms with Crippen molar-refractivity contribution in [3.05, 3.63) is 36.1 Å². The summed E-state index contributed by atoms with van der Waals surface area (Å²) in [7, 11) is -2.99. The van der Waals surface area contributed by atoms with Gasteiger partial charge in [-0.15, -0.1) is 0 Å². The Hall–Kier alpha value is -2.02. The van der Waals surface area contributed by atoms with E-state index >= 15 is 0 Å². The molecule has 0 bridgehead atoms. The summed E-state index contributed by atoms with van der Waals surface area (Å²) in [5.74, 6) is 0.734. The zero-order valence-corrected chi connectivity index (χ0v) is 13.1. The summed E-state index contributed by atoms with van der Waals surface area (Å²) in [4.78, 5) is 13.7. The first-order valence-corrected chi connectivity index (χ1v) is 9.01. The van der Waals surface area contributed by atoms with Crippen molar-refractivity contribution in [2.75, 3.05) is 24.6 Å². The molecule has 1 saturated heterocycles. The third kappa shape index (κ3) is 3.09. The Labute approximate surface area is 129 Å². The van der Waals surface area contributed by atoms with Crippen molar-refractivity contribution in [1.29, 1.82) is 0 Å². The van der Waals surface area contributed by atoms with Crippen LogP contribution in [0.4, 0.5) is 4.79 Å². The van der Waals surface area contributed by atoms with Gasteiger partial charge >= 0.3 is 6.03 Å². The van der Waals surface area contributed by atoms with Gasteiger partial charge in [0.25, 0.3) is 0 Å². The average Bonchev–Trinajstić information content (AvgIpc) is 2.91. The minimum Gasteiger partial charge on any atom is -0.459 e. The van der Waals surface area contributed by atoms with E-state index in [-0.39, 0.29) is 36.7 Å². The second-order valence-corrected chi connectivity index (χ2v) is 7.80. The number of carbonyl (C=O) groups is 1. The fourth-order valence-electron chi connectivity index (χ4n) is 2.48. The van der Waals surface area contributed by atoms with E-state index in [1.54, 1.807) is 0 Å². The molecule has 0 saturated carbocycles. The van der Waals surface area contributed by atoms with E-state index in [0.29, 0.717) is 5.76 Å². The fraction of sp³-hybridized carbons (Fsp3) is 0.400. The van der Waals surface area contributed by atoms with Gasteiger partial charge in [-0.25, -0.2) is 13.2 Å². The predicted molar refractivity (Wildman–Crippen MR) is 83.4 cm³/mol. The average molecular weight is 322 g/mol. The molecule has 2 amide bonds. The van der Waals surface area contributed by atoms with E-state index < -0.39 is 9.84 Å². The van der Waals surface area contributed by atoms with Crippen molar-refractivity contribution in [3.63, 3.8) is 0 Å². The highest BCUT2D eigenvalue weighted by Gasteiger charge is 2.26. The Bertz CT molecular complexity index is 750. The quantitative estimate of drug-likeness (QED) is 0.916. The molecule has 3 rings (SSSR count). The third-order valence-corrected chi connectivity index (χ3v) is 5.45. The first kappa shape index (κ1) is 14.9. The number of nitrogens with zero attached hydrogens (tertiary/aromatic N) is 1. The Kier molecular flexibility index (Phi) is 3.82. The molecule has 1 atom stereocenters. The Morgan fingerprint density at radius 3 is 2.64 bits per heavy atom. The lowest BCUT2D eigenvalue weighted by atomic mass is 10.2. The van der Waals surface area contributed by atoms with E-state index in [9.17, 15) is 13.2 Å². The highest BCUT2D eigenvalue weighted by molar-refractivity contribution is 7.91. The van der Waals surface area contributed by atoms with Gasteiger partial charge in [-0.1, -0.05) is 18.2 Å². The molecule has 1 fully saturated rings. The normalized spacial score (nSPS) is 19.0. The van der Waals surface area contributed by atoms with Crippen molar-refractivity contribution < 1.29 is 17.6 Å². The Morgan fingerprint density at radius 1 is 1.27 bits per heavy atom. The predicted octanol–water partition coefficient (Wildman–Crippen LogP) is 1.93. The third-order valence-electron chi connectivity index (χ3n) is 3.84. The topological polar surface area (TPSA) is 79.6 Å². The number of sulfone groups is 1. The van der Waals surface area contributed by atoms with Crippen LogP contribution in [0.25, 0.3) is 11.0 Å². The van der Waals surface area contributed by atoms with Crippen molar-refractivity contribution in [2.24, 2.45) is 0 Å². The van der Waals surface area contributed by atoms with E-state index in [4.69, 9.17) is 4.42 Å². The molecular formula is C15H18N2O4S. The molecule has 2 heterocycles. The van der Waals surface area contributed by atoms with Crippen LogP contribution in [0.1, 0.15) is 18.7 Å². The number of furan rings is 1. The summed E-state index contributed by atoms with van der Waals surface area (Å²) in [6.07, 6.45) is 0. The zero-order chi connectivity index (χ0) is 15.7. The van der Waals surface area contributed by atoms with Gasteiger partial charge in [0.1, 0.15) is 11.3 Å². The van der Waals surface area contributed by atoms with Crippen LogP contribution in [0.2, 0.25) is 0 Å². The summed E-state index contributed by atoms with van der Waals surface area (Å²) in [5.41, 5.74) is 0.780. The zero-order valence-electron chi connectivity index (χ0n) is 12.3. The highest BCUT2D eigenvalue weighted by Crippen LogP contribution is 2.23. The van der Waals surface area contributed by atoms with Crippen molar-refractivity contribution >= 4 is 26.8 Å². The number of rotatable bonds is 2. The lowest BCUT2D eigenvalue weighted by Crippen LogP contribution is -2.48. The van der Waals surface area contributed by atoms with Crippen LogP contribution < -0.4 is 5.32 Å². The lowest BCUT2D eigenvalue weighted by molar-refractivity contribution is 0.197. The van der Waals surface area contributed by atoms with Gasteiger partial charge in [0.2, 0.25) is 0 Å². The molecule has 22 heavy (non-hydrogen) atoms. The molecule has 0 radical (unpaired) electrons. The molecule has 1 aromatic heterocycles. The maximum absolute atomic E-state index is 12.2. The Morgan fingerprint density at radius 2 is 1.95 bits per heavy atom. The van der Waals surface area contributed by atoms with E-state index in [2.05, 4.69) is 5.32 Å². The minimum absolute atomic E-state index is 0.0272. The van der Waals surface area contributed by atoms with Crippen LogP contribution in [0.3, 0.4) is 0 Å². The van der Waals surface area contributed by atoms with Gasteiger partial charge in [-0.3, -0.25) is 0 Å². The molecule has 118 valence electrons. The minimum atomic E-state index is -2.99. The molecular weight excluding hydrogens is 304 g/mol. The standard InChI is InChI=1S/C15H18N2O4S/c1-11(14-10-12-4-2-3-5-13(12)21-14)16-15(18)17-6-8-22(19,20)9-7-17/h2-5,10-11H,6-9H2,1H3,(H,16,18)/t11-/m0/s1. The largest absolute Gasteiger partial charge is 0.459 e. The molecule has 7 heteroatoms. The first-order chi connectivity index (χ1) is 10.4. The van der Waals surface area contributed by atoms with E-state index in [1.807, 2.05) is 37.3 Å². The number of fused-ring (bicyclic) bond motifs is 1. The second kappa shape index (κ2) is 5.64. The van der Waals surface area contributed by atoms with E-state index in [0.717, 1.165) is 11.0 Å². The van der Waals surface area contributed by atoms with E-state index in [1.165, 1.54) is 4.90 Å². The number of para-hydroxylation sites is 1. The van der Waals surface area contributed by atoms with Crippen LogP contribution in [-0.2, 0) is 9.84 Å². The molecule has 1 N–H and O–H groups in total. The van der Waals surface area contributed by atoms with Gasteiger partial charge in [0.15, 0.2) is 9.84 Å². The molecule has 0 unspecified atom stereocenters. The molecule has 0 spiro atoms. The van der Waals surface area contributed by atoms with Crippen LogP contribution in [-0.4, -0.2) is 43.9 Å². The maximum Gasteiger partial charge on any atom is 0.318 e. The number of hydrogen-bond donors (Lipinski definition) is 1. The van der Waals surface area contributed by atoms with Crippen LogP contribution in [0.15, 0.2) is 34.7 Å². The molecule has 1 aliphatic heterocycles. The number of hydrogen-bond acceptors (Lipinski definition) is 4.